The third-order valence-corrected chi connectivity index (χ3v) is 15.1. The van der Waals surface area contributed by atoms with E-state index in [0.717, 1.165) is 144 Å². The number of hydrogen-bond acceptors (Lipinski definition) is 5. The Kier molecular flexibility index (Phi) is 9.63. The maximum Gasteiger partial charge on any atom is 0.136 e. The van der Waals surface area contributed by atoms with Crippen LogP contribution in [0.1, 0.15) is 11.1 Å². The highest BCUT2D eigenvalue weighted by molar-refractivity contribution is 6.19. The van der Waals surface area contributed by atoms with Gasteiger partial charge in [0.25, 0.3) is 0 Å². The number of hydrogen-bond donors (Lipinski definition) is 0. The lowest BCUT2D eigenvalue weighted by atomic mass is 9.95. The van der Waals surface area contributed by atoms with Crippen LogP contribution >= 0.6 is 0 Å². The van der Waals surface area contributed by atoms with Crippen LogP contribution < -0.4 is 9.80 Å². The molecule has 3 aromatic heterocycles. The molecular weight excluding hydrogens is 917 g/mol. The van der Waals surface area contributed by atoms with Gasteiger partial charge >= 0.3 is 0 Å². The minimum Gasteiger partial charge on any atom is -0.456 e. The summed E-state index contributed by atoms with van der Waals surface area (Å²) in [6.45, 7) is 4.27. The molecule has 15 rings (SSSR count). The predicted octanol–water partition coefficient (Wildman–Crippen LogP) is 20.6. The summed E-state index contributed by atoms with van der Waals surface area (Å²) in [5, 5.41) is 11.0. The molecule has 3 heterocycles. The minimum atomic E-state index is 0.845. The molecule has 0 aliphatic heterocycles. The Morgan fingerprint density at radius 3 is 1.09 bits per heavy atom. The van der Waals surface area contributed by atoms with Crippen LogP contribution in [0.5, 0.6) is 0 Å². The van der Waals surface area contributed by atoms with E-state index in [1.165, 1.54) is 11.1 Å². The molecule has 0 bridgehead atoms. The summed E-state index contributed by atoms with van der Waals surface area (Å²) in [7, 11) is 0. The Bertz CT molecular complexity index is 4420. The van der Waals surface area contributed by atoms with Crippen LogP contribution in [0, 0.1) is 13.8 Å². The van der Waals surface area contributed by atoms with Gasteiger partial charge in [0, 0.05) is 66.2 Å². The van der Waals surface area contributed by atoms with Gasteiger partial charge in [-0.15, -0.1) is 0 Å². The van der Waals surface area contributed by atoms with E-state index in [4.69, 9.17) is 13.3 Å². The van der Waals surface area contributed by atoms with Gasteiger partial charge in [-0.25, -0.2) is 0 Å². The second-order valence-electron chi connectivity index (χ2n) is 19.8. The molecule has 0 N–H and O–H groups in total. The predicted molar refractivity (Wildman–Crippen MR) is 313 cm³/mol. The highest BCUT2D eigenvalue weighted by Gasteiger charge is 2.25. The van der Waals surface area contributed by atoms with Gasteiger partial charge in [-0.1, -0.05) is 145 Å². The normalized spacial score (nSPS) is 11.9. The van der Waals surface area contributed by atoms with E-state index in [1.807, 2.05) is 12.1 Å². The summed E-state index contributed by atoms with van der Waals surface area (Å²) in [6, 6.07) is 86.9. The molecule has 5 heteroatoms. The zero-order valence-corrected chi connectivity index (χ0v) is 41.2. The second-order valence-corrected chi connectivity index (χ2v) is 19.8. The molecule has 0 atom stereocenters. The van der Waals surface area contributed by atoms with E-state index in [1.54, 1.807) is 0 Å². The van der Waals surface area contributed by atoms with Gasteiger partial charge in [0.05, 0.1) is 11.4 Å². The number of aryl methyl sites for hydroxylation is 2. The van der Waals surface area contributed by atoms with Crippen molar-refractivity contribution >= 4 is 121 Å². The molecule has 75 heavy (non-hydrogen) atoms. The molecule has 0 aliphatic carbocycles. The Balaban J connectivity index is 0.883. The fraction of sp³-hybridized carbons (Fsp3) is 0.0286. The fourth-order valence-corrected chi connectivity index (χ4v) is 11.5. The minimum absolute atomic E-state index is 0.845. The average molecular weight is 963 g/mol. The summed E-state index contributed by atoms with van der Waals surface area (Å²) >= 11 is 0. The van der Waals surface area contributed by atoms with Gasteiger partial charge in [-0.2, -0.15) is 0 Å². The van der Waals surface area contributed by atoms with Crippen LogP contribution in [-0.4, -0.2) is 0 Å². The van der Waals surface area contributed by atoms with Crippen LogP contribution in [0.2, 0.25) is 0 Å². The van der Waals surface area contributed by atoms with Crippen molar-refractivity contribution in [1.29, 1.82) is 0 Å². The molecule has 15 aromatic rings. The molecule has 0 spiro atoms. The lowest BCUT2D eigenvalue weighted by Crippen LogP contribution is -2.11. The van der Waals surface area contributed by atoms with E-state index in [9.17, 15) is 0 Å². The molecule has 5 nitrogen and oxygen atoms in total. The highest BCUT2D eigenvalue weighted by atomic mass is 16.3. The van der Waals surface area contributed by atoms with E-state index >= 15 is 0 Å². The Hall–Kier alpha value is -9.84. The van der Waals surface area contributed by atoms with Crippen molar-refractivity contribution in [2.75, 3.05) is 9.80 Å². The SMILES string of the molecule is Cc1ccc(N(c2ccc3cc4c(cc3c2)oc2cc3cc(N(c5ccc(C)cc5)c5ccc6oc7ccccc7c6c5-c5ccccc5)ccc3cc24)c2ccc3oc4ccccc4c3c2-c2ccccc2)cc1. The monoisotopic (exact) mass is 962 g/mol. The summed E-state index contributed by atoms with van der Waals surface area (Å²) in [5.41, 5.74) is 18.4. The van der Waals surface area contributed by atoms with Crippen molar-refractivity contribution < 1.29 is 13.3 Å². The van der Waals surface area contributed by atoms with E-state index in [-0.39, 0.29) is 0 Å². The topological polar surface area (TPSA) is 45.9 Å². The lowest BCUT2D eigenvalue weighted by molar-refractivity contribution is 0.668. The molecule has 0 unspecified atom stereocenters. The quantitative estimate of drug-likeness (QED) is 0.152. The van der Waals surface area contributed by atoms with Crippen LogP contribution in [0.3, 0.4) is 0 Å². The van der Waals surface area contributed by atoms with Crippen molar-refractivity contribution in [3.8, 4) is 22.3 Å². The van der Waals surface area contributed by atoms with Crippen LogP contribution in [0.25, 0.3) is 110 Å². The number of anilines is 6. The zero-order valence-electron chi connectivity index (χ0n) is 41.2. The summed E-state index contributed by atoms with van der Waals surface area (Å²) < 4.78 is 19.9. The van der Waals surface area contributed by atoms with Crippen molar-refractivity contribution in [2.45, 2.75) is 13.8 Å². The van der Waals surface area contributed by atoms with Crippen LogP contribution in [-0.2, 0) is 0 Å². The number of benzene rings is 12. The van der Waals surface area contributed by atoms with Crippen molar-refractivity contribution in [3.05, 3.63) is 254 Å². The molecular formula is C70H46N2O3. The number of para-hydroxylation sites is 2. The van der Waals surface area contributed by atoms with Crippen molar-refractivity contribution in [1.82, 2.24) is 0 Å². The molecule has 354 valence electrons. The van der Waals surface area contributed by atoms with Crippen LogP contribution in [0.4, 0.5) is 34.1 Å². The molecule has 0 fully saturated rings. The maximum atomic E-state index is 6.90. The molecule has 0 saturated carbocycles. The van der Waals surface area contributed by atoms with Gasteiger partial charge in [-0.05, 0) is 156 Å². The van der Waals surface area contributed by atoms with E-state index in [2.05, 4.69) is 254 Å². The number of rotatable bonds is 8. The van der Waals surface area contributed by atoms with Gasteiger partial charge in [0.1, 0.15) is 33.5 Å². The van der Waals surface area contributed by atoms with Gasteiger partial charge < -0.3 is 23.1 Å². The van der Waals surface area contributed by atoms with Crippen molar-refractivity contribution in [3.63, 3.8) is 0 Å². The molecule has 12 aromatic carbocycles. The second kappa shape index (κ2) is 16.9. The van der Waals surface area contributed by atoms with E-state index in [0.29, 0.717) is 0 Å². The average Bonchev–Trinajstić information content (AvgIpc) is 4.16. The number of nitrogens with zero attached hydrogens (tertiary/aromatic N) is 2. The third-order valence-electron chi connectivity index (χ3n) is 15.1. The summed E-state index contributed by atoms with van der Waals surface area (Å²) in [4.78, 5) is 4.77. The molecule has 0 aliphatic rings. The third kappa shape index (κ3) is 7.00. The standard InChI is InChI=1S/C70H46N2O3/c1-43-21-27-51(28-22-43)71(59-33-35-63-69(55-17-9-11-19-61(55)73-63)67(59)45-13-5-3-6-14-45)53-31-25-47-39-57-58-40-48-26-32-54(38-50(48)42-66(58)75-65(57)41-49(47)37-53)72(52-29-23-44(2)24-30-52)60-34-36-64-70(56-18-10-12-20-62(56)74-64)68(60)46-15-7-4-8-16-46/h3-42H,1-2H3. The first kappa shape index (κ1) is 42.8. The lowest BCUT2D eigenvalue weighted by Gasteiger charge is -2.28. The first-order chi connectivity index (χ1) is 37.0. The maximum absolute atomic E-state index is 6.90. The summed E-state index contributed by atoms with van der Waals surface area (Å²) in [5.74, 6) is 0. The highest BCUT2D eigenvalue weighted by Crippen LogP contribution is 2.50. The van der Waals surface area contributed by atoms with Gasteiger partial charge in [-0.3, -0.25) is 0 Å². The first-order valence-electron chi connectivity index (χ1n) is 25.5. The first-order valence-corrected chi connectivity index (χ1v) is 25.5. The smallest absolute Gasteiger partial charge is 0.136 e. The Morgan fingerprint density at radius 1 is 0.267 bits per heavy atom. The van der Waals surface area contributed by atoms with Crippen LogP contribution in [0.15, 0.2) is 256 Å². The molecule has 0 amide bonds. The Morgan fingerprint density at radius 2 is 0.653 bits per heavy atom. The zero-order chi connectivity index (χ0) is 49.7. The van der Waals surface area contributed by atoms with Gasteiger partial charge in [0.2, 0.25) is 0 Å². The number of fused-ring (bicyclic) bond motifs is 11. The largest absolute Gasteiger partial charge is 0.456 e. The fourth-order valence-electron chi connectivity index (χ4n) is 11.5. The summed E-state index contributed by atoms with van der Waals surface area (Å²) in [6.07, 6.45) is 0. The molecule has 0 saturated heterocycles. The Labute approximate surface area is 432 Å². The molecule has 0 radical (unpaired) electrons. The van der Waals surface area contributed by atoms with Crippen molar-refractivity contribution in [2.24, 2.45) is 0 Å². The number of furan rings is 3. The van der Waals surface area contributed by atoms with Gasteiger partial charge in [0.15, 0.2) is 0 Å². The van der Waals surface area contributed by atoms with E-state index < -0.39 is 0 Å².